The van der Waals surface area contributed by atoms with Gasteiger partial charge in [-0.1, -0.05) is 31.6 Å². The van der Waals surface area contributed by atoms with Gasteiger partial charge >= 0.3 is 0 Å². The fourth-order valence-electron chi connectivity index (χ4n) is 4.46. The zero-order chi connectivity index (χ0) is 16.8. The Morgan fingerprint density at radius 3 is 2.74 bits per heavy atom. The minimum absolute atomic E-state index is 0.0806. The Kier molecular flexibility index (Phi) is 4.15. The number of fused-ring (bicyclic) bond motifs is 2. The van der Waals surface area contributed by atoms with Gasteiger partial charge < -0.3 is 19.7 Å². The van der Waals surface area contributed by atoms with Gasteiger partial charge in [-0.25, -0.2) is 0 Å². The number of ether oxygens (including phenoxy) is 2. The Labute approximate surface area is 137 Å². The maximum atomic E-state index is 10.0. The molecule has 0 amide bonds. The summed E-state index contributed by atoms with van der Waals surface area (Å²) in [5.74, 6) is 1.44. The summed E-state index contributed by atoms with van der Waals surface area (Å²) in [6.07, 6.45) is 2.21. The highest BCUT2D eigenvalue weighted by molar-refractivity contribution is 5.43. The molecular formula is C19H26O4. The number of aliphatic hydroxyl groups is 1. The number of methoxy groups -OCH3 is 1. The highest BCUT2D eigenvalue weighted by Gasteiger charge is 2.53. The Bertz CT molecular complexity index is 624. The molecule has 1 aliphatic carbocycles. The van der Waals surface area contributed by atoms with Crippen molar-refractivity contribution in [2.75, 3.05) is 20.3 Å². The smallest absolute Gasteiger partial charge is 0.160 e. The minimum Gasteiger partial charge on any atom is -0.504 e. The lowest BCUT2D eigenvalue weighted by molar-refractivity contribution is -0.165. The normalized spacial score (nSPS) is 36.5. The van der Waals surface area contributed by atoms with Crippen LogP contribution in [-0.4, -0.2) is 30.5 Å². The third-order valence-corrected chi connectivity index (χ3v) is 6.08. The van der Waals surface area contributed by atoms with Gasteiger partial charge in [-0.05, 0) is 36.5 Å². The number of rotatable bonds is 3. The van der Waals surface area contributed by atoms with Crippen LogP contribution in [0.2, 0.25) is 0 Å². The predicted molar refractivity (Wildman–Crippen MR) is 88.4 cm³/mol. The summed E-state index contributed by atoms with van der Waals surface area (Å²) in [7, 11) is 1.55. The molecule has 0 saturated carbocycles. The molecule has 1 aromatic carbocycles. The summed E-state index contributed by atoms with van der Waals surface area (Å²) in [6, 6.07) is 5.40. The van der Waals surface area contributed by atoms with Gasteiger partial charge in [0.2, 0.25) is 0 Å². The molecule has 126 valence electrons. The molecular weight excluding hydrogens is 292 g/mol. The molecule has 0 radical (unpaired) electrons. The van der Waals surface area contributed by atoms with Gasteiger partial charge in [0, 0.05) is 11.3 Å². The largest absolute Gasteiger partial charge is 0.504 e. The topological polar surface area (TPSA) is 58.9 Å². The molecule has 1 fully saturated rings. The number of aliphatic hydroxyl groups excluding tert-OH is 1. The zero-order valence-electron chi connectivity index (χ0n) is 14.2. The number of phenolic OH excluding ortho intramolecular Hbond substituents is 1. The van der Waals surface area contributed by atoms with Crippen LogP contribution >= 0.6 is 0 Å². The first-order valence-corrected chi connectivity index (χ1v) is 8.22. The molecule has 0 aromatic heterocycles. The number of aromatic hydroxyl groups is 1. The molecule has 1 saturated heterocycles. The number of allylic oxidation sites excluding steroid dienone is 1. The van der Waals surface area contributed by atoms with Crippen LogP contribution in [0, 0.1) is 23.2 Å². The molecule has 23 heavy (non-hydrogen) atoms. The van der Waals surface area contributed by atoms with E-state index in [1.165, 1.54) is 5.57 Å². The molecule has 3 rings (SSSR count). The second kappa shape index (κ2) is 5.84. The van der Waals surface area contributed by atoms with Gasteiger partial charge in [0.25, 0.3) is 0 Å². The molecule has 2 bridgehead atoms. The van der Waals surface area contributed by atoms with Crippen LogP contribution in [0.3, 0.4) is 0 Å². The Morgan fingerprint density at radius 2 is 2.09 bits per heavy atom. The molecule has 1 heterocycles. The van der Waals surface area contributed by atoms with Crippen LogP contribution in [0.15, 0.2) is 29.8 Å². The van der Waals surface area contributed by atoms with Crippen molar-refractivity contribution in [3.63, 3.8) is 0 Å². The van der Waals surface area contributed by atoms with E-state index in [0.29, 0.717) is 24.2 Å². The number of hydrogen-bond donors (Lipinski definition) is 2. The molecule has 2 N–H and O–H groups in total. The van der Waals surface area contributed by atoms with Gasteiger partial charge in [0.1, 0.15) is 0 Å². The minimum atomic E-state index is -0.207. The van der Waals surface area contributed by atoms with E-state index in [9.17, 15) is 10.2 Å². The van der Waals surface area contributed by atoms with Gasteiger partial charge in [0.15, 0.2) is 11.5 Å². The van der Waals surface area contributed by atoms with Crippen LogP contribution in [0.5, 0.6) is 11.5 Å². The second-order valence-corrected chi connectivity index (χ2v) is 7.07. The quantitative estimate of drug-likeness (QED) is 0.840. The van der Waals surface area contributed by atoms with Crippen molar-refractivity contribution in [3.8, 4) is 11.5 Å². The molecule has 0 spiro atoms. The fraction of sp³-hybridized carbons (Fsp3) is 0.579. The van der Waals surface area contributed by atoms with Crippen molar-refractivity contribution < 1.29 is 19.7 Å². The maximum Gasteiger partial charge on any atom is 0.160 e. The van der Waals surface area contributed by atoms with E-state index in [1.54, 1.807) is 13.2 Å². The number of benzene rings is 1. The lowest BCUT2D eigenvalue weighted by Gasteiger charge is -2.55. The first-order valence-electron chi connectivity index (χ1n) is 8.22. The molecule has 2 aliphatic rings. The molecule has 4 heteroatoms. The van der Waals surface area contributed by atoms with E-state index in [-0.39, 0.29) is 29.8 Å². The van der Waals surface area contributed by atoms with E-state index < -0.39 is 0 Å². The molecule has 0 unspecified atom stereocenters. The summed E-state index contributed by atoms with van der Waals surface area (Å²) >= 11 is 0. The van der Waals surface area contributed by atoms with Crippen LogP contribution in [-0.2, 0) is 4.74 Å². The zero-order valence-corrected chi connectivity index (χ0v) is 14.2. The Hall–Kier alpha value is -1.52. The van der Waals surface area contributed by atoms with Crippen LogP contribution in [0.1, 0.15) is 32.4 Å². The standard InChI is InChI=1S/C19H26O4/c1-11-7-12(2)19(9-20)10-23-18(17(11)13(19)3)14-5-6-15(21)16(8-14)22-4/h5-8,12-13,17-18,20-21H,9-10H2,1-4H3/t12-,13-,17-,18-,19+/m0/s1. The molecule has 1 aromatic rings. The SMILES string of the molecule is COc1cc([C@@H]2OC[C@]3(CO)[C@@H](C)C=C(C)[C@H]2[C@@H]3C)ccc1O. The van der Waals surface area contributed by atoms with Crippen molar-refractivity contribution >= 4 is 0 Å². The van der Waals surface area contributed by atoms with Gasteiger partial charge in [0.05, 0.1) is 26.4 Å². The third-order valence-electron chi connectivity index (χ3n) is 6.08. The van der Waals surface area contributed by atoms with Crippen molar-refractivity contribution in [1.82, 2.24) is 0 Å². The fourth-order valence-corrected chi connectivity index (χ4v) is 4.46. The van der Waals surface area contributed by atoms with E-state index in [1.807, 2.05) is 12.1 Å². The van der Waals surface area contributed by atoms with Crippen molar-refractivity contribution in [2.24, 2.45) is 23.2 Å². The summed E-state index contributed by atoms with van der Waals surface area (Å²) in [5, 5.41) is 19.9. The highest BCUT2D eigenvalue weighted by atomic mass is 16.5. The summed E-state index contributed by atoms with van der Waals surface area (Å²) in [6.45, 7) is 7.22. The molecule has 4 nitrogen and oxygen atoms in total. The maximum absolute atomic E-state index is 10.0. The predicted octanol–water partition coefficient (Wildman–Crippen LogP) is 3.30. The first-order chi connectivity index (χ1) is 10.9. The van der Waals surface area contributed by atoms with Gasteiger partial charge in [-0.3, -0.25) is 0 Å². The van der Waals surface area contributed by atoms with E-state index in [2.05, 4.69) is 26.8 Å². The summed E-state index contributed by atoms with van der Waals surface area (Å²) in [5.41, 5.74) is 2.11. The number of phenols is 1. The summed E-state index contributed by atoms with van der Waals surface area (Å²) in [4.78, 5) is 0. The van der Waals surface area contributed by atoms with Crippen LogP contribution in [0.4, 0.5) is 0 Å². The molecule has 1 aliphatic heterocycles. The Balaban J connectivity index is 2.02. The van der Waals surface area contributed by atoms with E-state index in [4.69, 9.17) is 9.47 Å². The van der Waals surface area contributed by atoms with Gasteiger partial charge in [-0.15, -0.1) is 0 Å². The monoisotopic (exact) mass is 318 g/mol. The van der Waals surface area contributed by atoms with Crippen molar-refractivity contribution in [2.45, 2.75) is 26.9 Å². The van der Waals surface area contributed by atoms with Crippen molar-refractivity contribution in [3.05, 3.63) is 35.4 Å². The Morgan fingerprint density at radius 1 is 1.35 bits per heavy atom. The third kappa shape index (κ3) is 2.36. The lowest BCUT2D eigenvalue weighted by Crippen LogP contribution is -2.53. The average molecular weight is 318 g/mol. The first kappa shape index (κ1) is 16.3. The number of hydrogen-bond acceptors (Lipinski definition) is 4. The van der Waals surface area contributed by atoms with Crippen molar-refractivity contribution in [1.29, 1.82) is 0 Å². The van der Waals surface area contributed by atoms with Crippen LogP contribution in [0.25, 0.3) is 0 Å². The van der Waals surface area contributed by atoms with Crippen LogP contribution < -0.4 is 4.74 Å². The lowest BCUT2D eigenvalue weighted by atomic mass is 9.56. The van der Waals surface area contributed by atoms with Gasteiger partial charge in [-0.2, -0.15) is 0 Å². The molecule has 5 atom stereocenters. The van der Waals surface area contributed by atoms with E-state index in [0.717, 1.165) is 5.56 Å². The summed E-state index contributed by atoms with van der Waals surface area (Å²) < 4.78 is 11.5. The second-order valence-electron chi connectivity index (χ2n) is 7.07. The van der Waals surface area contributed by atoms with E-state index >= 15 is 0 Å². The highest BCUT2D eigenvalue weighted by Crippen LogP contribution is 2.56. The average Bonchev–Trinajstić information content (AvgIpc) is 2.53.